The van der Waals surface area contributed by atoms with Crippen LogP contribution in [0.1, 0.15) is 23.2 Å². The molecule has 0 spiro atoms. The Morgan fingerprint density at radius 2 is 2.08 bits per heavy atom. The maximum absolute atomic E-state index is 12.3. The number of esters is 1. The summed E-state index contributed by atoms with van der Waals surface area (Å²) < 4.78 is 10.7. The van der Waals surface area contributed by atoms with Crippen molar-refractivity contribution in [1.82, 2.24) is 10.2 Å². The number of nitrogens with zero attached hydrogens (tertiary/aromatic N) is 1. The fourth-order valence-corrected chi connectivity index (χ4v) is 3.42. The summed E-state index contributed by atoms with van der Waals surface area (Å²) in [6, 6.07) is 7.14. The largest absolute Gasteiger partial charge is 0.452 e. The van der Waals surface area contributed by atoms with E-state index in [9.17, 15) is 14.4 Å². The van der Waals surface area contributed by atoms with Crippen molar-refractivity contribution in [3.63, 3.8) is 0 Å². The number of carbonyl (C=O) groups is 3. The van der Waals surface area contributed by atoms with Gasteiger partial charge in [0.25, 0.3) is 5.91 Å². The van der Waals surface area contributed by atoms with Gasteiger partial charge in [-0.15, -0.1) is 11.8 Å². The number of likely N-dealkylation sites (N-methyl/N-ethyl adjacent to an activating group) is 1. The highest BCUT2D eigenvalue weighted by atomic mass is 32.2. The van der Waals surface area contributed by atoms with Gasteiger partial charge in [0.2, 0.25) is 5.91 Å². The third-order valence-corrected chi connectivity index (χ3v) is 5.03. The van der Waals surface area contributed by atoms with Crippen molar-refractivity contribution < 1.29 is 23.9 Å². The zero-order valence-electron chi connectivity index (χ0n) is 15.0. The first-order valence-electron chi connectivity index (χ1n) is 8.44. The molecule has 8 heteroatoms. The SMILES string of the molecule is CN(C)C(=O)CNC(=O)COC(=O)c1ccccc1SC[C@H]1CCCO1. The smallest absolute Gasteiger partial charge is 0.339 e. The summed E-state index contributed by atoms with van der Waals surface area (Å²) >= 11 is 1.55. The molecule has 1 aliphatic heterocycles. The predicted molar refractivity (Wildman–Crippen MR) is 98.1 cm³/mol. The van der Waals surface area contributed by atoms with Crippen molar-refractivity contribution in [2.75, 3.05) is 39.6 Å². The summed E-state index contributed by atoms with van der Waals surface area (Å²) in [4.78, 5) is 37.6. The molecule has 0 unspecified atom stereocenters. The van der Waals surface area contributed by atoms with Crippen molar-refractivity contribution in [3.8, 4) is 0 Å². The van der Waals surface area contributed by atoms with Crippen LogP contribution >= 0.6 is 11.8 Å². The van der Waals surface area contributed by atoms with E-state index < -0.39 is 18.5 Å². The summed E-state index contributed by atoms with van der Waals surface area (Å²) in [5.74, 6) is -0.537. The van der Waals surface area contributed by atoms with E-state index in [1.807, 2.05) is 12.1 Å². The van der Waals surface area contributed by atoms with Crippen LogP contribution < -0.4 is 5.32 Å². The van der Waals surface area contributed by atoms with E-state index in [1.165, 1.54) is 4.90 Å². The number of rotatable bonds is 8. The minimum absolute atomic E-state index is 0.128. The van der Waals surface area contributed by atoms with Crippen molar-refractivity contribution >= 4 is 29.5 Å². The Hall–Kier alpha value is -2.06. The maximum Gasteiger partial charge on any atom is 0.339 e. The molecule has 1 aromatic carbocycles. The monoisotopic (exact) mass is 380 g/mol. The fourth-order valence-electron chi connectivity index (χ4n) is 2.31. The van der Waals surface area contributed by atoms with Crippen molar-refractivity contribution in [2.24, 2.45) is 0 Å². The van der Waals surface area contributed by atoms with Gasteiger partial charge in [-0.3, -0.25) is 9.59 Å². The number of hydrogen-bond acceptors (Lipinski definition) is 6. The second kappa shape index (κ2) is 10.2. The Balaban J connectivity index is 1.82. The number of hydrogen-bond donors (Lipinski definition) is 1. The van der Waals surface area contributed by atoms with E-state index in [-0.39, 0.29) is 18.6 Å². The summed E-state index contributed by atoms with van der Waals surface area (Å²) in [5.41, 5.74) is 0.424. The van der Waals surface area contributed by atoms with Gasteiger partial charge in [0.1, 0.15) is 0 Å². The molecule has 142 valence electrons. The molecule has 0 aromatic heterocycles. The Labute approximate surface area is 157 Å². The van der Waals surface area contributed by atoms with Gasteiger partial charge in [0, 0.05) is 31.4 Å². The Morgan fingerprint density at radius 3 is 2.77 bits per heavy atom. The number of thioether (sulfide) groups is 1. The van der Waals surface area contributed by atoms with Gasteiger partial charge >= 0.3 is 5.97 Å². The third kappa shape index (κ3) is 6.34. The first kappa shape index (κ1) is 20.3. The van der Waals surface area contributed by atoms with E-state index in [0.29, 0.717) is 5.56 Å². The van der Waals surface area contributed by atoms with Crippen molar-refractivity contribution in [1.29, 1.82) is 0 Å². The first-order chi connectivity index (χ1) is 12.5. The average Bonchev–Trinajstić information content (AvgIpc) is 3.16. The highest BCUT2D eigenvalue weighted by molar-refractivity contribution is 7.99. The van der Waals surface area contributed by atoms with Gasteiger partial charge in [-0.05, 0) is 25.0 Å². The molecule has 0 saturated carbocycles. The van der Waals surface area contributed by atoms with Gasteiger partial charge in [0.15, 0.2) is 6.61 Å². The Kier molecular flexibility index (Phi) is 7.93. The van der Waals surface area contributed by atoms with Gasteiger partial charge < -0.3 is 19.7 Å². The molecule has 1 saturated heterocycles. The van der Waals surface area contributed by atoms with Crippen LogP contribution in [0.4, 0.5) is 0 Å². The standard InChI is InChI=1S/C18H24N2O5S/c1-20(2)17(22)10-19-16(21)11-25-18(23)14-7-3-4-8-15(14)26-12-13-6-5-9-24-13/h3-4,7-8,13H,5-6,9-12H2,1-2H3,(H,19,21)/t13-/m1/s1. The lowest BCUT2D eigenvalue weighted by molar-refractivity contribution is -0.131. The number of nitrogens with one attached hydrogen (secondary N) is 1. The van der Waals surface area contributed by atoms with E-state index >= 15 is 0 Å². The summed E-state index contributed by atoms with van der Waals surface area (Å²) in [5, 5.41) is 2.42. The van der Waals surface area contributed by atoms with Crippen LogP contribution in [-0.4, -0.2) is 68.4 Å². The molecule has 1 N–H and O–H groups in total. The fraction of sp³-hybridized carbons (Fsp3) is 0.500. The lowest BCUT2D eigenvalue weighted by Crippen LogP contribution is -2.38. The molecule has 1 aromatic rings. The minimum Gasteiger partial charge on any atom is -0.452 e. The highest BCUT2D eigenvalue weighted by Crippen LogP contribution is 2.27. The summed E-state index contributed by atoms with van der Waals surface area (Å²) in [6.07, 6.45) is 2.32. The molecule has 1 aliphatic rings. The van der Waals surface area contributed by atoms with Crippen molar-refractivity contribution in [2.45, 2.75) is 23.8 Å². The first-order valence-corrected chi connectivity index (χ1v) is 9.43. The topological polar surface area (TPSA) is 84.9 Å². The molecular weight excluding hydrogens is 356 g/mol. The van der Waals surface area contributed by atoms with Gasteiger partial charge in [-0.25, -0.2) is 4.79 Å². The van der Waals surface area contributed by atoms with Gasteiger partial charge in [-0.1, -0.05) is 12.1 Å². The summed E-state index contributed by atoms with van der Waals surface area (Å²) in [6.45, 7) is 0.238. The van der Waals surface area contributed by atoms with E-state index in [1.54, 1.807) is 38.0 Å². The molecule has 1 atom stereocenters. The van der Waals surface area contributed by atoms with E-state index in [0.717, 1.165) is 30.1 Å². The van der Waals surface area contributed by atoms with Crippen LogP contribution in [0.2, 0.25) is 0 Å². The number of amides is 2. The molecule has 1 heterocycles. The Morgan fingerprint density at radius 1 is 1.31 bits per heavy atom. The number of carbonyl (C=O) groups excluding carboxylic acids is 3. The normalized spacial score (nSPS) is 16.2. The third-order valence-electron chi connectivity index (χ3n) is 3.83. The molecule has 26 heavy (non-hydrogen) atoms. The van der Waals surface area contributed by atoms with Crippen molar-refractivity contribution in [3.05, 3.63) is 29.8 Å². The molecule has 1 fully saturated rings. The van der Waals surface area contributed by atoms with Gasteiger partial charge in [-0.2, -0.15) is 0 Å². The van der Waals surface area contributed by atoms with E-state index in [4.69, 9.17) is 9.47 Å². The van der Waals surface area contributed by atoms with E-state index in [2.05, 4.69) is 5.32 Å². The van der Waals surface area contributed by atoms with Crippen LogP contribution in [0.5, 0.6) is 0 Å². The van der Waals surface area contributed by atoms with Gasteiger partial charge in [0.05, 0.1) is 18.2 Å². The maximum atomic E-state index is 12.3. The van der Waals surface area contributed by atoms with Crippen LogP contribution in [0, 0.1) is 0 Å². The molecule has 0 radical (unpaired) electrons. The average molecular weight is 380 g/mol. The zero-order valence-corrected chi connectivity index (χ0v) is 15.8. The summed E-state index contributed by atoms with van der Waals surface area (Å²) in [7, 11) is 3.19. The molecular formula is C18H24N2O5S. The lowest BCUT2D eigenvalue weighted by atomic mass is 10.2. The number of benzene rings is 1. The lowest BCUT2D eigenvalue weighted by Gasteiger charge is -2.13. The van der Waals surface area contributed by atoms with Crippen LogP contribution in [0.3, 0.4) is 0 Å². The predicted octanol–water partition coefficient (Wildman–Crippen LogP) is 1.32. The number of ether oxygens (including phenoxy) is 2. The van der Waals surface area contributed by atoms with Crippen LogP contribution in [0.25, 0.3) is 0 Å². The second-order valence-electron chi connectivity index (χ2n) is 6.08. The molecule has 2 rings (SSSR count). The molecule has 7 nitrogen and oxygen atoms in total. The Bertz CT molecular complexity index is 644. The zero-order chi connectivity index (χ0) is 18.9. The second-order valence-corrected chi connectivity index (χ2v) is 7.15. The molecule has 0 aliphatic carbocycles. The highest BCUT2D eigenvalue weighted by Gasteiger charge is 2.19. The quantitative estimate of drug-likeness (QED) is 0.541. The van der Waals surface area contributed by atoms with Crippen LogP contribution in [0.15, 0.2) is 29.2 Å². The molecule has 2 amide bonds. The minimum atomic E-state index is -0.561. The molecule has 0 bridgehead atoms. The van der Waals surface area contributed by atoms with Crippen LogP contribution in [-0.2, 0) is 19.1 Å².